The lowest BCUT2D eigenvalue weighted by Gasteiger charge is -2.31. The number of sulfonamides is 2. The summed E-state index contributed by atoms with van der Waals surface area (Å²) in [5.74, 6) is -3.55. The number of benzene rings is 1. The van der Waals surface area contributed by atoms with E-state index < -0.39 is 48.7 Å². The minimum absolute atomic E-state index is 0.113. The molecule has 4 rings (SSSR count). The standard InChI is InChI=1S/C22H26F2N6O5S2/c1-3-10-37(34,35)29-16-5-4-15(23)18(19(16)24)20(31)14-11-25-21-17(14)22(27-12-26-21)28-13-6-8-30(9-7-13)36(2,32)33/h4-5,11-13,29H,3,6-10H2,1-2H3,(H2,25,26,27,28). The van der Waals surface area contributed by atoms with Crippen LogP contribution < -0.4 is 10.0 Å². The molecule has 0 bridgehead atoms. The molecule has 3 N–H and O–H groups in total. The van der Waals surface area contributed by atoms with Gasteiger partial charge in [-0.1, -0.05) is 6.92 Å². The van der Waals surface area contributed by atoms with Gasteiger partial charge in [0.15, 0.2) is 5.82 Å². The zero-order chi connectivity index (χ0) is 27.0. The van der Waals surface area contributed by atoms with Gasteiger partial charge < -0.3 is 10.3 Å². The Morgan fingerprint density at radius 1 is 1.16 bits per heavy atom. The van der Waals surface area contributed by atoms with Crippen LogP contribution in [0.2, 0.25) is 0 Å². The fourth-order valence-electron chi connectivity index (χ4n) is 4.24. The summed E-state index contributed by atoms with van der Waals surface area (Å²) in [6.07, 6.45) is 4.90. The quantitative estimate of drug-likeness (QED) is 0.340. The maximum atomic E-state index is 15.3. The Hall–Kier alpha value is -3.17. The molecule has 1 aliphatic heterocycles. The van der Waals surface area contributed by atoms with E-state index in [1.54, 1.807) is 6.92 Å². The van der Waals surface area contributed by atoms with Crippen molar-refractivity contribution in [1.29, 1.82) is 0 Å². The van der Waals surface area contributed by atoms with Gasteiger partial charge in [0.25, 0.3) is 0 Å². The zero-order valence-electron chi connectivity index (χ0n) is 20.1. The summed E-state index contributed by atoms with van der Waals surface area (Å²) in [6, 6.07) is 1.57. The molecule has 1 aliphatic rings. The first kappa shape index (κ1) is 26.9. The molecule has 37 heavy (non-hydrogen) atoms. The number of hydrogen-bond acceptors (Lipinski definition) is 8. The molecular weight excluding hydrogens is 530 g/mol. The summed E-state index contributed by atoms with van der Waals surface area (Å²) in [6.45, 7) is 2.25. The first-order valence-corrected chi connectivity index (χ1v) is 15.0. The highest BCUT2D eigenvalue weighted by atomic mass is 32.2. The van der Waals surface area contributed by atoms with Crippen molar-refractivity contribution >= 4 is 48.4 Å². The number of rotatable bonds is 9. The Balaban J connectivity index is 1.67. The van der Waals surface area contributed by atoms with Crippen molar-refractivity contribution in [2.75, 3.05) is 35.1 Å². The van der Waals surface area contributed by atoms with E-state index >= 15 is 4.39 Å². The molecule has 0 aliphatic carbocycles. The van der Waals surface area contributed by atoms with E-state index in [0.717, 1.165) is 18.4 Å². The number of anilines is 2. The van der Waals surface area contributed by atoms with Crippen LogP contribution in [-0.2, 0) is 20.0 Å². The van der Waals surface area contributed by atoms with Gasteiger partial charge in [0.1, 0.15) is 23.6 Å². The predicted molar refractivity (Wildman–Crippen MR) is 134 cm³/mol. The van der Waals surface area contributed by atoms with Crippen LogP contribution in [0.1, 0.15) is 42.1 Å². The number of piperidine rings is 1. The maximum absolute atomic E-state index is 15.3. The van der Waals surface area contributed by atoms with Crippen LogP contribution in [0.4, 0.5) is 20.3 Å². The molecule has 11 nitrogen and oxygen atoms in total. The Morgan fingerprint density at radius 2 is 1.86 bits per heavy atom. The van der Waals surface area contributed by atoms with E-state index in [9.17, 15) is 26.0 Å². The second-order valence-corrected chi connectivity index (χ2v) is 12.6. The first-order chi connectivity index (χ1) is 17.4. The SMILES string of the molecule is CCCS(=O)(=O)Nc1ccc(F)c(C(=O)c2c[nH]c3ncnc(NC4CCN(S(C)(=O)=O)CC4)c23)c1F. The van der Waals surface area contributed by atoms with Gasteiger partial charge in [-0.2, -0.15) is 0 Å². The molecule has 15 heteroatoms. The average Bonchev–Trinajstić information content (AvgIpc) is 3.26. The minimum Gasteiger partial charge on any atom is -0.367 e. The molecule has 0 saturated carbocycles. The van der Waals surface area contributed by atoms with E-state index in [1.807, 2.05) is 0 Å². The number of carbonyl (C=O) groups excluding carboxylic acids is 1. The first-order valence-electron chi connectivity index (χ1n) is 11.5. The number of nitrogens with zero attached hydrogens (tertiary/aromatic N) is 3. The van der Waals surface area contributed by atoms with Crippen LogP contribution in [0.3, 0.4) is 0 Å². The molecule has 0 spiro atoms. The lowest BCUT2D eigenvalue weighted by Crippen LogP contribution is -2.41. The van der Waals surface area contributed by atoms with Gasteiger partial charge in [-0.05, 0) is 31.4 Å². The highest BCUT2D eigenvalue weighted by Gasteiger charge is 2.29. The summed E-state index contributed by atoms with van der Waals surface area (Å²) >= 11 is 0. The highest BCUT2D eigenvalue weighted by molar-refractivity contribution is 7.92. The van der Waals surface area contributed by atoms with Gasteiger partial charge in [0, 0.05) is 25.3 Å². The number of ketones is 1. The Bertz CT molecular complexity index is 1550. The molecular formula is C22H26F2N6O5S2. The van der Waals surface area contributed by atoms with Crippen LogP contribution in [0.5, 0.6) is 0 Å². The molecule has 0 radical (unpaired) electrons. The molecule has 0 amide bonds. The average molecular weight is 557 g/mol. The second kappa shape index (κ2) is 10.3. The number of halogens is 2. The van der Waals surface area contributed by atoms with Gasteiger partial charge in [-0.25, -0.2) is 39.9 Å². The van der Waals surface area contributed by atoms with E-state index in [2.05, 4.69) is 25.0 Å². The van der Waals surface area contributed by atoms with Crippen molar-refractivity contribution in [3.63, 3.8) is 0 Å². The van der Waals surface area contributed by atoms with Crippen LogP contribution in [-0.4, -0.2) is 73.0 Å². The number of hydrogen-bond donors (Lipinski definition) is 3. The van der Waals surface area contributed by atoms with E-state index in [4.69, 9.17) is 0 Å². The van der Waals surface area contributed by atoms with Crippen LogP contribution in [0.25, 0.3) is 11.0 Å². The monoisotopic (exact) mass is 556 g/mol. The smallest absolute Gasteiger partial charge is 0.232 e. The number of nitrogens with one attached hydrogen (secondary N) is 3. The number of aromatic nitrogens is 3. The Labute approximate surface area is 212 Å². The van der Waals surface area contributed by atoms with Gasteiger partial charge >= 0.3 is 0 Å². The molecule has 1 saturated heterocycles. The zero-order valence-corrected chi connectivity index (χ0v) is 21.7. The van der Waals surface area contributed by atoms with Crippen molar-refractivity contribution in [1.82, 2.24) is 19.3 Å². The second-order valence-electron chi connectivity index (χ2n) is 8.76. The highest BCUT2D eigenvalue weighted by Crippen LogP contribution is 2.31. The molecule has 0 unspecified atom stereocenters. The molecule has 1 fully saturated rings. The third-order valence-corrected chi connectivity index (χ3v) is 8.81. The molecule has 0 atom stereocenters. The van der Waals surface area contributed by atoms with Crippen molar-refractivity contribution < 1.29 is 30.4 Å². The van der Waals surface area contributed by atoms with Crippen molar-refractivity contribution in [2.45, 2.75) is 32.2 Å². The van der Waals surface area contributed by atoms with Gasteiger partial charge in [-0.15, -0.1) is 0 Å². The fraction of sp³-hybridized carbons (Fsp3) is 0.409. The van der Waals surface area contributed by atoms with Gasteiger partial charge in [0.05, 0.1) is 34.2 Å². The van der Waals surface area contributed by atoms with Crippen LogP contribution in [0, 0.1) is 11.6 Å². The van der Waals surface area contributed by atoms with Gasteiger partial charge in [-0.3, -0.25) is 9.52 Å². The van der Waals surface area contributed by atoms with Gasteiger partial charge in [0.2, 0.25) is 25.8 Å². The predicted octanol–water partition coefficient (Wildman–Crippen LogP) is 2.45. The molecule has 2 aromatic heterocycles. The Kier molecular flexibility index (Phi) is 7.48. The Morgan fingerprint density at radius 3 is 2.51 bits per heavy atom. The van der Waals surface area contributed by atoms with Crippen molar-refractivity contribution in [3.05, 3.63) is 47.4 Å². The van der Waals surface area contributed by atoms with E-state index in [-0.39, 0.29) is 40.6 Å². The van der Waals surface area contributed by atoms with Crippen LogP contribution >= 0.6 is 0 Å². The van der Waals surface area contributed by atoms with E-state index in [0.29, 0.717) is 25.9 Å². The summed E-state index contributed by atoms with van der Waals surface area (Å²) < 4.78 is 81.2. The summed E-state index contributed by atoms with van der Waals surface area (Å²) in [5, 5.41) is 3.39. The fourth-order valence-corrected chi connectivity index (χ4v) is 6.24. The van der Waals surface area contributed by atoms with Crippen molar-refractivity contribution in [2.24, 2.45) is 0 Å². The number of fused-ring (bicyclic) bond motifs is 1. The molecule has 3 aromatic rings. The topological polar surface area (TPSA) is 154 Å². The van der Waals surface area contributed by atoms with E-state index in [1.165, 1.54) is 16.8 Å². The largest absolute Gasteiger partial charge is 0.367 e. The third-order valence-electron chi connectivity index (χ3n) is 6.03. The third kappa shape index (κ3) is 5.72. The van der Waals surface area contributed by atoms with Crippen LogP contribution in [0.15, 0.2) is 24.7 Å². The molecule has 1 aromatic carbocycles. The summed E-state index contributed by atoms with van der Waals surface area (Å²) in [5.41, 5.74) is -1.33. The molecule has 200 valence electrons. The number of H-pyrrole nitrogens is 1. The summed E-state index contributed by atoms with van der Waals surface area (Å²) in [4.78, 5) is 24.5. The lowest BCUT2D eigenvalue weighted by atomic mass is 10.0. The normalized spacial score (nSPS) is 15.7. The maximum Gasteiger partial charge on any atom is 0.232 e. The van der Waals surface area contributed by atoms with Crippen molar-refractivity contribution in [3.8, 4) is 0 Å². The minimum atomic E-state index is -3.89. The lowest BCUT2D eigenvalue weighted by molar-refractivity contribution is 0.103. The number of carbonyl (C=O) groups is 1. The molecule has 3 heterocycles. The summed E-state index contributed by atoms with van der Waals surface area (Å²) in [7, 11) is -7.20. The number of aromatic amines is 1.